The van der Waals surface area contributed by atoms with Gasteiger partial charge in [0.25, 0.3) is 0 Å². The van der Waals surface area contributed by atoms with Gasteiger partial charge in [0.15, 0.2) is 0 Å². The second-order valence-electron chi connectivity index (χ2n) is 4.27. The summed E-state index contributed by atoms with van der Waals surface area (Å²) in [5.74, 6) is -0.0513. The van der Waals surface area contributed by atoms with Crippen LogP contribution < -0.4 is 5.32 Å². The van der Waals surface area contributed by atoms with Gasteiger partial charge in [-0.05, 0) is 31.9 Å². The minimum Gasteiger partial charge on any atom is -0.310 e. The molecule has 0 heterocycles. The van der Waals surface area contributed by atoms with Crippen LogP contribution in [0.15, 0.2) is 18.2 Å². The highest BCUT2D eigenvalue weighted by Gasteiger charge is 2.14. The molecule has 1 atom stereocenters. The minimum absolute atomic E-state index is 0.0513. The van der Waals surface area contributed by atoms with Gasteiger partial charge in [-0.15, -0.1) is 0 Å². The molecule has 0 amide bonds. The zero-order valence-electron chi connectivity index (χ0n) is 10.5. The number of nitrogens with one attached hydrogen (secondary N) is 1. The van der Waals surface area contributed by atoms with Gasteiger partial charge in [-0.2, -0.15) is 0 Å². The molecule has 1 unspecified atom stereocenters. The fourth-order valence-corrected chi connectivity index (χ4v) is 1.91. The number of halogens is 1. The van der Waals surface area contributed by atoms with E-state index in [0.29, 0.717) is 0 Å². The maximum Gasteiger partial charge on any atom is 0.130 e. The molecule has 0 saturated carbocycles. The summed E-state index contributed by atoms with van der Waals surface area (Å²) in [5, 5.41) is 3.41. The van der Waals surface area contributed by atoms with E-state index in [2.05, 4.69) is 19.2 Å². The van der Waals surface area contributed by atoms with Gasteiger partial charge in [-0.25, -0.2) is 4.39 Å². The molecule has 0 aliphatic rings. The molecule has 1 aromatic carbocycles. The Morgan fingerprint density at radius 1 is 1.25 bits per heavy atom. The molecule has 0 aliphatic carbocycles. The predicted molar refractivity (Wildman–Crippen MR) is 67.1 cm³/mol. The van der Waals surface area contributed by atoms with Gasteiger partial charge in [0.05, 0.1) is 0 Å². The van der Waals surface area contributed by atoms with Crippen LogP contribution in [0.4, 0.5) is 4.39 Å². The normalized spacial score (nSPS) is 12.8. The molecule has 0 spiro atoms. The summed E-state index contributed by atoms with van der Waals surface area (Å²) in [4.78, 5) is 0. The van der Waals surface area contributed by atoms with Gasteiger partial charge in [-0.3, -0.25) is 0 Å². The molecule has 16 heavy (non-hydrogen) atoms. The molecule has 2 heteroatoms. The van der Waals surface area contributed by atoms with Crippen LogP contribution in [0.1, 0.15) is 50.3 Å². The monoisotopic (exact) mass is 223 g/mol. The Bertz CT molecular complexity index is 323. The van der Waals surface area contributed by atoms with Crippen molar-refractivity contribution in [2.75, 3.05) is 6.54 Å². The number of rotatable bonds is 6. The van der Waals surface area contributed by atoms with Crippen LogP contribution in [0, 0.1) is 12.7 Å². The number of benzene rings is 1. The summed E-state index contributed by atoms with van der Waals surface area (Å²) in [6, 6.07) is 5.81. The van der Waals surface area contributed by atoms with Crippen LogP contribution >= 0.6 is 0 Å². The lowest BCUT2D eigenvalue weighted by Gasteiger charge is -2.19. The van der Waals surface area contributed by atoms with E-state index in [4.69, 9.17) is 0 Å². The molecule has 0 aliphatic heterocycles. The quantitative estimate of drug-likeness (QED) is 0.769. The highest BCUT2D eigenvalue weighted by Crippen LogP contribution is 2.23. The van der Waals surface area contributed by atoms with E-state index in [1.54, 1.807) is 0 Å². The highest BCUT2D eigenvalue weighted by molar-refractivity contribution is 5.27. The van der Waals surface area contributed by atoms with Crippen molar-refractivity contribution in [2.24, 2.45) is 0 Å². The Labute approximate surface area is 98.1 Å². The maximum absolute atomic E-state index is 14.0. The van der Waals surface area contributed by atoms with Crippen LogP contribution in [0.5, 0.6) is 0 Å². The first-order valence-corrected chi connectivity index (χ1v) is 6.19. The van der Waals surface area contributed by atoms with Crippen molar-refractivity contribution in [2.45, 2.75) is 46.1 Å². The number of hydrogen-bond acceptors (Lipinski definition) is 1. The molecular formula is C14H22FN. The number of aryl methyl sites for hydroxylation is 1. The van der Waals surface area contributed by atoms with Gasteiger partial charge < -0.3 is 5.32 Å². The average Bonchev–Trinajstić information content (AvgIpc) is 2.28. The van der Waals surface area contributed by atoms with Gasteiger partial charge >= 0.3 is 0 Å². The third-order valence-corrected chi connectivity index (χ3v) is 2.82. The smallest absolute Gasteiger partial charge is 0.130 e. The van der Waals surface area contributed by atoms with E-state index in [9.17, 15) is 4.39 Å². The van der Waals surface area contributed by atoms with Crippen molar-refractivity contribution in [3.8, 4) is 0 Å². The van der Waals surface area contributed by atoms with Gasteiger partial charge in [0, 0.05) is 11.6 Å². The SMILES string of the molecule is CCCNC(CCC)c1cccc(C)c1F. The van der Waals surface area contributed by atoms with Crippen LogP contribution in [0.3, 0.4) is 0 Å². The summed E-state index contributed by atoms with van der Waals surface area (Å²) >= 11 is 0. The molecule has 1 rings (SSSR count). The highest BCUT2D eigenvalue weighted by atomic mass is 19.1. The largest absolute Gasteiger partial charge is 0.310 e. The lowest BCUT2D eigenvalue weighted by atomic mass is 9.99. The maximum atomic E-state index is 14.0. The van der Waals surface area contributed by atoms with E-state index in [0.717, 1.165) is 36.9 Å². The Balaban J connectivity index is 2.86. The molecular weight excluding hydrogens is 201 g/mol. The lowest BCUT2D eigenvalue weighted by molar-refractivity contribution is 0.468. The molecule has 0 bridgehead atoms. The lowest BCUT2D eigenvalue weighted by Crippen LogP contribution is -2.23. The topological polar surface area (TPSA) is 12.0 Å². The Kier molecular flexibility index (Phi) is 5.47. The first-order chi connectivity index (χ1) is 7.70. The second kappa shape index (κ2) is 6.64. The first-order valence-electron chi connectivity index (χ1n) is 6.19. The van der Waals surface area contributed by atoms with Crippen LogP contribution in [0.25, 0.3) is 0 Å². The Morgan fingerprint density at radius 3 is 2.62 bits per heavy atom. The van der Waals surface area contributed by atoms with Crippen molar-refractivity contribution in [3.63, 3.8) is 0 Å². The minimum atomic E-state index is -0.0513. The van der Waals surface area contributed by atoms with E-state index in [1.165, 1.54) is 0 Å². The summed E-state index contributed by atoms with van der Waals surface area (Å²) in [5.41, 5.74) is 1.55. The third kappa shape index (κ3) is 3.31. The molecule has 0 radical (unpaired) electrons. The van der Waals surface area contributed by atoms with Gasteiger partial charge in [0.2, 0.25) is 0 Å². The fourth-order valence-electron chi connectivity index (χ4n) is 1.91. The van der Waals surface area contributed by atoms with Crippen molar-refractivity contribution in [3.05, 3.63) is 35.1 Å². The molecule has 1 N–H and O–H groups in total. The molecule has 0 saturated heterocycles. The molecule has 0 fully saturated rings. The predicted octanol–water partition coefficient (Wildman–Crippen LogP) is 3.97. The fraction of sp³-hybridized carbons (Fsp3) is 0.571. The van der Waals surface area contributed by atoms with E-state index in [1.807, 2.05) is 25.1 Å². The van der Waals surface area contributed by atoms with Crippen LogP contribution in [0.2, 0.25) is 0 Å². The average molecular weight is 223 g/mol. The zero-order chi connectivity index (χ0) is 12.0. The van der Waals surface area contributed by atoms with Crippen LogP contribution in [-0.2, 0) is 0 Å². The van der Waals surface area contributed by atoms with Gasteiger partial charge in [0.1, 0.15) is 5.82 Å². The van der Waals surface area contributed by atoms with Crippen molar-refractivity contribution >= 4 is 0 Å². The Hall–Kier alpha value is -0.890. The summed E-state index contributed by atoms with van der Waals surface area (Å²) < 4.78 is 14.0. The van der Waals surface area contributed by atoms with Crippen molar-refractivity contribution in [1.82, 2.24) is 5.32 Å². The molecule has 1 aromatic rings. The van der Waals surface area contributed by atoms with E-state index >= 15 is 0 Å². The van der Waals surface area contributed by atoms with Crippen molar-refractivity contribution < 1.29 is 4.39 Å². The van der Waals surface area contributed by atoms with Gasteiger partial charge in [-0.1, -0.05) is 38.5 Å². The summed E-state index contributed by atoms with van der Waals surface area (Å²) in [6.07, 6.45) is 3.13. The Morgan fingerprint density at radius 2 is 2.00 bits per heavy atom. The molecule has 1 nitrogen and oxygen atoms in total. The number of hydrogen-bond donors (Lipinski definition) is 1. The third-order valence-electron chi connectivity index (χ3n) is 2.82. The van der Waals surface area contributed by atoms with E-state index in [-0.39, 0.29) is 11.9 Å². The second-order valence-corrected chi connectivity index (χ2v) is 4.27. The summed E-state index contributed by atoms with van der Waals surface area (Å²) in [6.45, 7) is 7.02. The van der Waals surface area contributed by atoms with Crippen LogP contribution in [-0.4, -0.2) is 6.54 Å². The first kappa shape index (κ1) is 13.2. The summed E-state index contributed by atoms with van der Waals surface area (Å²) in [7, 11) is 0. The standard InChI is InChI=1S/C14H22FN/c1-4-7-13(16-10-5-2)12-9-6-8-11(3)14(12)15/h6,8-9,13,16H,4-5,7,10H2,1-3H3. The van der Waals surface area contributed by atoms with Crippen molar-refractivity contribution in [1.29, 1.82) is 0 Å². The molecule has 0 aromatic heterocycles. The van der Waals surface area contributed by atoms with E-state index < -0.39 is 0 Å². The molecule has 90 valence electrons. The zero-order valence-corrected chi connectivity index (χ0v) is 10.5.